The highest BCUT2D eigenvalue weighted by Gasteiger charge is 2.06. The largest absolute Gasteiger partial charge is 0.483 e. The van der Waals surface area contributed by atoms with Crippen LogP contribution in [0.1, 0.15) is 22.9 Å². The van der Waals surface area contributed by atoms with Crippen molar-refractivity contribution < 1.29 is 9.53 Å². The van der Waals surface area contributed by atoms with Crippen LogP contribution in [-0.2, 0) is 4.79 Å². The first-order valence-electron chi connectivity index (χ1n) is 6.74. The van der Waals surface area contributed by atoms with Crippen molar-refractivity contribution in [1.82, 2.24) is 5.43 Å². The molecule has 22 heavy (non-hydrogen) atoms. The van der Waals surface area contributed by atoms with Crippen molar-refractivity contribution in [1.29, 1.82) is 0 Å². The molecule has 0 aliphatic carbocycles. The van der Waals surface area contributed by atoms with E-state index in [2.05, 4.69) is 26.5 Å². The zero-order valence-electron chi connectivity index (χ0n) is 12.6. The van der Waals surface area contributed by atoms with Crippen LogP contribution in [0, 0.1) is 13.8 Å². The van der Waals surface area contributed by atoms with E-state index in [0.29, 0.717) is 0 Å². The Bertz CT molecular complexity index is 710. The molecule has 0 unspecified atom stereocenters. The predicted octanol–water partition coefficient (Wildman–Crippen LogP) is 4.05. The fraction of sp³-hybridized carbons (Fsp3) is 0.250. The highest BCUT2D eigenvalue weighted by atomic mass is 79.9. The molecule has 0 saturated carbocycles. The molecule has 4 nitrogen and oxygen atoms in total. The van der Waals surface area contributed by atoms with Gasteiger partial charge < -0.3 is 4.74 Å². The fourth-order valence-corrected chi connectivity index (χ4v) is 3.08. The number of aryl methyl sites for hydroxylation is 2. The Balaban J connectivity index is 1.89. The van der Waals surface area contributed by atoms with Gasteiger partial charge in [-0.3, -0.25) is 4.79 Å². The topological polar surface area (TPSA) is 50.7 Å². The van der Waals surface area contributed by atoms with E-state index >= 15 is 0 Å². The number of carbonyl (C=O) groups excluding carboxylic acids is 1. The molecule has 0 atom stereocenters. The lowest BCUT2D eigenvalue weighted by molar-refractivity contribution is -0.123. The van der Waals surface area contributed by atoms with Gasteiger partial charge in [-0.15, -0.1) is 11.3 Å². The quantitative estimate of drug-likeness (QED) is 0.628. The third-order valence-corrected chi connectivity index (χ3v) is 4.71. The Labute approximate surface area is 142 Å². The molecule has 1 N–H and O–H groups in total. The number of thiophene rings is 1. The Morgan fingerprint density at radius 2 is 2.09 bits per heavy atom. The van der Waals surface area contributed by atoms with Crippen LogP contribution in [0.2, 0.25) is 0 Å². The van der Waals surface area contributed by atoms with Crippen LogP contribution in [0.4, 0.5) is 0 Å². The molecule has 0 radical (unpaired) electrons. The zero-order chi connectivity index (χ0) is 16.1. The molecule has 1 heterocycles. The van der Waals surface area contributed by atoms with Crippen LogP contribution in [0.5, 0.6) is 5.75 Å². The summed E-state index contributed by atoms with van der Waals surface area (Å²) in [5.41, 5.74) is 5.37. The highest BCUT2D eigenvalue weighted by Crippen LogP contribution is 2.22. The lowest BCUT2D eigenvalue weighted by Gasteiger charge is -2.09. The number of rotatable bonds is 5. The summed E-state index contributed by atoms with van der Waals surface area (Å²) in [7, 11) is 0. The zero-order valence-corrected chi connectivity index (χ0v) is 15.0. The van der Waals surface area contributed by atoms with Gasteiger partial charge in [-0.1, -0.05) is 12.1 Å². The maximum Gasteiger partial charge on any atom is 0.277 e. The molecule has 1 aromatic carbocycles. The summed E-state index contributed by atoms with van der Waals surface area (Å²) in [4.78, 5) is 12.8. The molecule has 2 aromatic rings. The van der Waals surface area contributed by atoms with E-state index in [0.717, 1.165) is 31.3 Å². The van der Waals surface area contributed by atoms with Gasteiger partial charge in [0.25, 0.3) is 5.91 Å². The number of hydrazone groups is 1. The molecule has 1 amide bonds. The second-order valence-corrected chi connectivity index (χ2v) is 7.36. The summed E-state index contributed by atoms with van der Waals surface area (Å²) in [6.45, 7) is 5.72. The second kappa shape index (κ2) is 7.56. The van der Waals surface area contributed by atoms with Crippen molar-refractivity contribution in [2.24, 2.45) is 5.10 Å². The highest BCUT2D eigenvalue weighted by molar-refractivity contribution is 9.11. The maximum atomic E-state index is 11.8. The molecule has 0 saturated heterocycles. The smallest absolute Gasteiger partial charge is 0.277 e. The number of ether oxygens (including phenoxy) is 1. The normalized spacial score (nSPS) is 11.4. The van der Waals surface area contributed by atoms with E-state index in [1.165, 1.54) is 0 Å². The van der Waals surface area contributed by atoms with Crippen LogP contribution < -0.4 is 10.2 Å². The minimum absolute atomic E-state index is 0.0603. The first kappa shape index (κ1) is 16.7. The van der Waals surface area contributed by atoms with Crippen molar-refractivity contribution in [3.8, 4) is 5.75 Å². The minimum Gasteiger partial charge on any atom is -0.483 e. The Morgan fingerprint density at radius 1 is 1.32 bits per heavy atom. The SMILES string of the molecule is C/C(=N/NC(=O)COc1cc(C)ccc1C)c1ccc(Br)s1. The average Bonchev–Trinajstić information content (AvgIpc) is 2.92. The van der Waals surface area contributed by atoms with E-state index in [4.69, 9.17) is 4.74 Å². The molecule has 2 rings (SSSR count). The average molecular weight is 381 g/mol. The Kier molecular flexibility index (Phi) is 5.74. The van der Waals surface area contributed by atoms with Crippen molar-refractivity contribution >= 4 is 38.9 Å². The van der Waals surface area contributed by atoms with Gasteiger partial charge in [-0.2, -0.15) is 5.10 Å². The molecular weight excluding hydrogens is 364 g/mol. The summed E-state index contributed by atoms with van der Waals surface area (Å²) < 4.78 is 6.56. The van der Waals surface area contributed by atoms with E-state index in [-0.39, 0.29) is 12.5 Å². The number of nitrogens with one attached hydrogen (secondary N) is 1. The first-order chi connectivity index (χ1) is 10.5. The van der Waals surface area contributed by atoms with Gasteiger partial charge in [-0.05, 0) is 66.0 Å². The molecule has 0 fully saturated rings. The van der Waals surface area contributed by atoms with E-state index < -0.39 is 0 Å². The van der Waals surface area contributed by atoms with Crippen molar-refractivity contribution in [3.05, 3.63) is 50.1 Å². The van der Waals surface area contributed by atoms with E-state index in [9.17, 15) is 4.79 Å². The van der Waals surface area contributed by atoms with Gasteiger partial charge in [0.2, 0.25) is 0 Å². The summed E-state index contributed by atoms with van der Waals surface area (Å²) in [6.07, 6.45) is 0. The van der Waals surface area contributed by atoms with E-state index in [1.807, 2.05) is 51.1 Å². The third-order valence-electron chi connectivity index (χ3n) is 2.98. The van der Waals surface area contributed by atoms with Gasteiger partial charge in [0.15, 0.2) is 6.61 Å². The lowest BCUT2D eigenvalue weighted by Crippen LogP contribution is -2.25. The standard InChI is InChI=1S/C16H17BrN2O2S/c1-10-4-5-11(2)13(8-10)21-9-16(20)19-18-12(3)14-6-7-15(17)22-14/h4-8H,9H2,1-3H3,(H,19,20)/b18-12-. The summed E-state index contributed by atoms with van der Waals surface area (Å²) >= 11 is 4.96. The third kappa shape index (κ3) is 4.68. The molecule has 116 valence electrons. The molecule has 1 aromatic heterocycles. The lowest BCUT2D eigenvalue weighted by atomic mass is 10.1. The first-order valence-corrected chi connectivity index (χ1v) is 8.35. The number of hydrogen-bond donors (Lipinski definition) is 1. The van der Waals surface area contributed by atoms with Gasteiger partial charge >= 0.3 is 0 Å². The molecule has 0 spiro atoms. The van der Waals surface area contributed by atoms with Gasteiger partial charge in [0, 0.05) is 0 Å². The van der Waals surface area contributed by atoms with Crippen molar-refractivity contribution in [3.63, 3.8) is 0 Å². The van der Waals surface area contributed by atoms with Crippen LogP contribution in [0.15, 0.2) is 39.2 Å². The number of nitrogens with zero attached hydrogens (tertiary/aromatic N) is 1. The Morgan fingerprint density at radius 3 is 2.77 bits per heavy atom. The van der Waals surface area contributed by atoms with Crippen LogP contribution in [-0.4, -0.2) is 18.2 Å². The molecule has 0 bridgehead atoms. The number of carbonyl (C=O) groups is 1. The molecular formula is C16H17BrN2O2S. The minimum atomic E-state index is -0.282. The number of hydrogen-bond acceptors (Lipinski definition) is 4. The monoisotopic (exact) mass is 380 g/mol. The molecule has 6 heteroatoms. The van der Waals surface area contributed by atoms with Crippen molar-refractivity contribution in [2.45, 2.75) is 20.8 Å². The van der Waals surface area contributed by atoms with Gasteiger partial charge in [-0.25, -0.2) is 5.43 Å². The van der Waals surface area contributed by atoms with Crippen LogP contribution >= 0.6 is 27.3 Å². The molecule has 0 aliphatic heterocycles. The van der Waals surface area contributed by atoms with Crippen LogP contribution in [0.3, 0.4) is 0 Å². The fourth-order valence-electron chi connectivity index (χ4n) is 1.75. The van der Waals surface area contributed by atoms with Crippen molar-refractivity contribution in [2.75, 3.05) is 6.61 Å². The number of halogens is 1. The Hall–Kier alpha value is -1.66. The van der Waals surface area contributed by atoms with Gasteiger partial charge in [0.05, 0.1) is 14.4 Å². The number of benzene rings is 1. The summed E-state index contributed by atoms with van der Waals surface area (Å²) in [5.74, 6) is 0.439. The second-order valence-electron chi connectivity index (χ2n) is 4.89. The summed E-state index contributed by atoms with van der Waals surface area (Å²) in [6, 6.07) is 9.80. The van der Waals surface area contributed by atoms with Gasteiger partial charge in [0.1, 0.15) is 5.75 Å². The van der Waals surface area contributed by atoms with E-state index in [1.54, 1.807) is 11.3 Å². The van der Waals surface area contributed by atoms with Crippen LogP contribution in [0.25, 0.3) is 0 Å². The maximum absolute atomic E-state index is 11.8. The predicted molar refractivity (Wildman–Crippen MR) is 93.8 cm³/mol. The number of amides is 1. The molecule has 0 aliphatic rings. The summed E-state index contributed by atoms with van der Waals surface area (Å²) in [5, 5.41) is 4.09.